The third kappa shape index (κ3) is 2.44. The molecule has 1 heterocycles. The monoisotopic (exact) mass is 309 g/mol. The zero-order chi connectivity index (χ0) is 13.1. The van der Waals surface area contributed by atoms with E-state index in [2.05, 4.69) is 15.9 Å². The van der Waals surface area contributed by atoms with Gasteiger partial charge < -0.3 is 10.3 Å². The highest BCUT2D eigenvalue weighted by molar-refractivity contribution is 9.10. The van der Waals surface area contributed by atoms with Gasteiger partial charge in [0.25, 0.3) is 5.69 Å². The third-order valence-corrected chi connectivity index (χ3v) is 3.64. The lowest BCUT2D eigenvalue weighted by atomic mass is 10.2. The summed E-state index contributed by atoms with van der Waals surface area (Å²) in [6, 6.07) is 8.87. The summed E-state index contributed by atoms with van der Waals surface area (Å²) in [6.07, 6.45) is 1.91. The summed E-state index contributed by atoms with van der Waals surface area (Å²) < 4.78 is 2.50. The molecule has 1 aromatic carbocycles. The lowest BCUT2D eigenvalue weighted by Gasteiger charge is -2.09. The number of hydrogen-bond acceptors (Lipinski definition) is 3. The number of nitro groups is 1. The molecular formula is C12H12BrN3O2. The van der Waals surface area contributed by atoms with Crippen LogP contribution in [-0.4, -0.2) is 9.49 Å². The Balaban J connectivity index is 2.35. The zero-order valence-electron chi connectivity index (χ0n) is 9.54. The third-order valence-electron chi connectivity index (χ3n) is 2.73. The lowest BCUT2D eigenvalue weighted by molar-refractivity contribution is -0.385. The van der Waals surface area contributed by atoms with Gasteiger partial charge >= 0.3 is 0 Å². The van der Waals surface area contributed by atoms with Crippen LogP contribution in [0.15, 0.2) is 41.0 Å². The molecule has 0 saturated heterocycles. The van der Waals surface area contributed by atoms with Crippen LogP contribution in [0.25, 0.3) is 0 Å². The summed E-state index contributed by atoms with van der Waals surface area (Å²) in [5.41, 5.74) is 7.55. The number of halogens is 1. The second-order valence-corrected chi connectivity index (χ2v) is 4.63. The van der Waals surface area contributed by atoms with Crippen molar-refractivity contribution in [1.29, 1.82) is 0 Å². The number of nitrogens with two attached hydrogens (primary N) is 1. The topological polar surface area (TPSA) is 74.1 Å². The van der Waals surface area contributed by atoms with Crippen molar-refractivity contribution in [3.8, 4) is 0 Å². The van der Waals surface area contributed by atoms with Crippen LogP contribution in [-0.2, 0) is 13.1 Å². The molecule has 2 rings (SSSR count). The van der Waals surface area contributed by atoms with Crippen LogP contribution in [0, 0.1) is 10.1 Å². The number of aromatic nitrogens is 1. The van der Waals surface area contributed by atoms with Gasteiger partial charge in [0.05, 0.1) is 4.92 Å². The quantitative estimate of drug-likeness (QED) is 0.697. The van der Waals surface area contributed by atoms with Crippen LogP contribution in [0.5, 0.6) is 0 Å². The Hall–Kier alpha value is -1.66. The molecule has 2 aromatic rings. The summed E-state index contributed by atoms with van der Waals surface area (Å²) in [4.78, 5) is 10.5. The molecule has 6 heteroatoms. The van der Waals surface area contributed by atoms with Gasteiger partial charge in [-0.05, 0) is 33.6 Å². The molecule has 0 amide bonds. The fourth-order valence-electron chi connectivity index (χ4n) is 1.80. The van der Waals surface area contributed by atoms with E-state index in [9.17, 15) is 10.1 Å². The molecule has 0 aliphatic heterocycles. The molecule has 5 nitrogen and oxygen atoms in total. The smallest absolute Gasteiger partial charge is 0.283 e. The molecule has 1 aromatic heterocycles. The van der Waals surface area contributed by atoms with Crippen molar-refractivity contribution in [2.75, 3.05) is 0 Å². The summed E-state index contributed by atoms with van der Waals surface area (Å²) in [7, 11) is 0. The molecule has 2 N–H and O–H groups in total. The Morgan fingerprint density at radius 3 is 2.78 bits per heavy atom. The molecule has 0 aliphatic carbocycles. The molecule has 0 saturated carbocycles. The van der Waals surface area contributed by atoms with Crippen LogP contribution in [0.2, 0.25) is 0 Å². The lowest BCUT2D eigenvalue weighted by Crippen LogP contribution is -2.08. The van der Waals surface area contributed by atoms with E-state index in [0.29, 0.717) is 17.6 Å². The van der Waals surface area contributed by atoms with Gasteiger partial charge in [0.2, 0.25) is 0 Å². The summed E-state index contributed by atoms with van der Waals surface area (Å²) >= 11 is 3.29. The highest BCUT2D eigenvalue weighted by Crippen LogP contribution is 2.29. The van der Waals surface area contributed by atoms with E-state index in [1.54, 1.807) is 6.07 Å². The number of nitrogens with zero attached hydrogens (tertiary/aromatic N) is 2. The van der Waals surface area contributed by atoms with Crippen molar-refractivity contribution in [2.45, 2.75) is 13.1 Å². The average Bonchev–Trinajstić information content (AvgIpc) is 2.78. The van der Waals surface area contributed by atoms with E-state index in [4.69, 9.17) is 5.73 Å². The first kappa shape index (κ1) is 12.8. The predicted molar refractivity (Wildman–Crippen MR) is 72.2 cm³/mol. The maximum absolute atomic E-state index is 10.8. The Labute approximate surface area is 112 Å². The highest BCUT2D eigenvalue weighted by atomic mass is 79.9. The molecule has 0 atom stereocenters. The minimum atomic E-state index is -0.396. The molecule has 0 aliphatic rings. The first-order chi connectivity index (χ1) is 8.63. The average molecular weight is 310 g/mol. The molecule has 0 fully saturated rings. The van der Waals surface area contributed by atoms with Gasteiger partial charge in [-0.1, -0.05) is 12.1 Å². The van der Waals surface area contributed by atoms with Gasteiger partial charge in [-0.2, -0.15) is 0 Å². The second kappa shape index (κ2) is 5.32. The Kier molecular flexibility index (Phi) is 3.78. The van der Waals surface area contributed by atoms with Crippen LogP contribution in [0.1, 0.15) is 11.3 Å². The van der Waals surface area contributed by atoms with Crippen molar-refractivity contribution in [2.24, 2.45) is 5.73 Å². The van der Waals surface area contributed by atoms with Crippen molar-refractivity contribution >= 4 is 21.6 Å². The number of rotatable bonds is 4. The normalized spacial score (nSPS) is 10.6. The minimum absolute atomic E-state index is 0.0777. The number of benzene rings is 1. The van der Waals surface area contributed by atoms with Crippen LogP contribution in [0.3, 0.4) is 0 Å². The van der Waals surface area contributed by atoms with Crippen LogP contribution < -0.4 is 5.73 Å². The van der Waals surface area contributed by atoms with Crippen molar-refractivity contribution in [3.05, 3.63) is 62.4 Å². The number of nitro benzene ring substituents is 1. The van der Waals surface area contributed by atoms with Crippen molar-refractivity contribution in [3.63, 3.8) is 0 Å². The summed E-state index contributed by atoms with van der Waals surface area (Å²) in [5, 5.41) is 10.8. The minimum Gasteiger partial charge on any atom is -0.346 e. The predicted octanol–water partition coefficient (Wildman–Crippen LogP) is 2.67. The fourth-order valence-corrected chi connectivity index (χ4v) is 2.34. The fraction of sp³-hybridized carbons (Fsp3) is 0.167. The first-order valence-corrected chi connectivity index (χ1v) is 6.18. The second-order valence-electron chi connectivity index (χ2n) is 3.84. The van der Waals surface area contributed by atoms with E-state index < -0.39 is 4.92 Å². The van der Waals surface area contributed by atoms with Gasteiger partial charge in [-0.25, -0.2) is 0 Å². The Morgan fingerprint density at radius 1 is 1.33 bits per heavy atom. The molecule has 0 bridgehead atoms. The standard InChI is InChI=1S/C12H12BrN3O2/c13-12-9(3-1-5-11(12)16(17)18)8-15-6-2-4-10(15)7-14/h1-6H,7-8,14H2. The van der Waals surface area contributed by atoms with Crippen LogP contribution >= 0.6 is 15.9 Å². The van der Waals surface area contributed by atoms with Crippen molar-refractivity contribution < 1.29 is 4.92 Å². The van der Waals surface area contributed by atoms with E-state index in [1.165, 1.54) is 6.07 Å². The van der Waals surface area contributed by atoms with Crippen molar-refractivity contribution in [1.82, 2.24) is 4.57 Å². The highest BCUT2D eigenvalue weighted by Gasteiger charge is 2.15. The van der Waals surface area contributed by atoms with Gasteiger partial charge in [0.1, 0.15) is 4.47 Å². The molecule has 94 valence electrons. The summed E-state index contributed by atoms with van der Waals surface area (Å²) in [6.45, 7) is 1.00. The first-order valence-electron chi connectivity index (χ1n) is 5.39. The maximum atomic E-state index is 10.8. The largest absolute Gasteiger partial charge is 0.346 e. The zero-order valence-corrected chi connectivity index (χ0v) is 11.1. The van der Waals surface area contributed by atoms with Gasteiger partial charge in [-0.3, -0.25) is 10.1 Å². The van der Waals surface area contributed by atoms with Gasteiger partial charge in [0.15, 0.2) is 0 Å². The SMILES string of the molecule is NCc1cccn1Cc1cccc([N+](=O)[O-])c1Br. The number of hydrogen-bond donors (Lipinski definition) is 1. The van der Waals surface area contributed by atoms with Gasteiger partial charge in [-0.15, -0.1) is 0 Å². The van der Waals surface area contributed by atoms with Crippen LogP contribution in [0.4, 0.5) is 5.69 Å². The molecule has 0 spiro atoms. The molecule has 0 unspecified atom stereocenters. The van der Waals surface area contributed by atoms with E-state index in [-0.39, 0.29) is 5.69 Å². The van der Waals surface area contributed by atoms with E-state index in [0.717, 1.165) is 11.3 Å². The molecular weight excluding hydrogens is 298 g/mol. The summed E-state index contributed by atoms with van der Waals surface area (Å²) in [5.74, 6) is 0. The van der Waals surface area contributed by atoms with E-state index in [1.807, 2.05) is 29.0 Å². The molecule has 18 heavy (non-hydrogen) atoms. The Bertz CT molecular complexity index is 580. The Morgan fingerprint density at radius 2 is 2.11 bits per heavy atom. The maximum Gasteiger partial charge on any atom is 0.283 e. The van der Waals surface area contributed by atoms with E-state index >= 15 is 0 Å². The molecule has 0 radical (unpaired) electrons. The van der Waals surface area contributed by atoms with Gasteiger partial charge in [0, 0.05) is 31.0 Å².